The number of nitrogens with one attached hydrogen (secondary N) is 1. The minimum absolute atomic E-state index is 0.0601. The molecule has 23 heavy (non-hydrogen) atoms. The van der Waals surface area contributed by atoms with Gasteiger partial charge in [0.15, 0.2) is 0 Å². The van der Waals surface area contributed by atoms with Crippen LogP contribution < -0.4 is 5.32 Å². The van der Waals surface area contributed by atoms with E-state index in [1.54, 1.807) is 18.2 Å². The summed E-state index contributed by atoms with van der Waals surface area (Å²) in [6, 6.07) is 10.6. The molecule has 116 valence electrons. The Labute approximate surface area is 131 Å². The van der Waals surface area contributed by atoms with Gasteiger partial charge in [-0.25, -0.2) is 8.78 Å². The van der Waals surface area contributed by atoms with Crippen LogP contribution in [0.15, 0.2) is 42.5 Å². The van der Waals surface area contributed by atoms with Crippen molar-refractivity contribution in [2.45, 2.75) is 13.0 Å². The van der Waals surface area contributed by atoms with Crippen LogP contribution in [0.2, 0.25) is 0 Å². The van der Waals surface area contributed by atoms with Crippen molar-refractivity contribution in [2.75, 3.05) is 6.54 Å². The van der Waals surface area contributed by atoms with Crippen LogP contribution >= 0.6 is 0 Å². The zero-order valence-electron chi connectivity index (χ0n) is 12.4. The average molecular weight is 312 g/mol. The fourth-order valence-electron chi connectivity index (χ4n) is 3.24. The number of hydrogen-bond donors (Lipinski definition) is 1. The quantitative estimate of drug-likeness (QED) is 0.727. The standard InChI is InChI=1S/C18H14F2N2O/c1-10-9-21-18(23)16-7-12-6-14(20)8-15(17(12)22(10)16)11-2-4-13(19)5-3-11/h2-8,10H,9H2,1H3,(H,21,23)/t10-/m1/s1. The molecule has 3 nitrogen and oxygen atoms in total. The van der Waals surface area contributed by atoms with Crippen molar-refractivity contribution in [3.05, 3.63) is 59.8 Å². The summed E-state index contributed by atoms with van der Waals surface area (Å²) in [5.41, 5.74) is 2.70. The molecule has 1 aromatic heterocycles. The molecule has 1 N–H and O–H groups in total. The number of halogens is 2. The Balaban J connectivity index is 2.08. The van der Waals surface area contributed by atoms with Crippen LogP contribution in [0.1, 0.15) is 23.5 Å². The van der Waals surface area contributed by atoms with Crippen molar-refractivity contribution in [1.29, 1.82) is 0 Å². The Morgan fingerprint density at radius 1 is 1.09 bits per heavy atom. The Morgan fingerprint density at radius 3 is 2.57 bits per heavy atom. The summed E-state index contributed by atoms with van der Waals surface area (Å²) >= 11 is 0. The van der Waals surface area contributed by atoms with E-state index in [4.69, 9.17) is 0 Å². The third-order valence-corrected chi connectivity index (χ3v) is 4.28. The van der Waals surface area contributed by atoms with E-state index in [0.29, 0.717) is 23.2 Å². The summed E-state index contributed by atoms with van der Waals surface area (Å²) in [5.74, 6) is -0.885. The van der Waals surface area contributed by atoms with Gasteiger partial charge in [-0.05, 0) is 42.8 Å². The highest BCUT2D eigenvalue weighted by molar-refractivity contribution is 6.03. The van der Waals surface area contributed by atoms with E-state index in [0.717, 1.165) is 11.1 Å². The van der Waals surface area contributed by atoms with E-state index < -0.39 is 0 Å². The third-order valence-electron chi connectivity index (χ3n) is 4.28. The number of rotatable bonds is 1. The van der Waals surface area contributed by atoms with Crippen molar-refractivity contribution in [3.8, 4) is 11.1 Å². The highest BCUT2D eigenvalue weighted by atomic mass is 19.1. The van der Waals surface area contributed by atoms with Crippen LogP contribution in [0.3, 0.4) is 0 Å². The Kier molecular flexibility index (Phi) is 2.98. The summed E-state index contributed by atoms with van der Waals surface area (Å²) in [7, 11) is 0. The van der Waals surface area contributed by atoms with Gasteiger partial charge in [0.1, 0.15) is 17.3 Å². The highest BCUT2D eigenvalue weighted by Crippen LogP contribution is 2.35. The van der Waals surface area contributed by atoms with Crippen LogP contribution in [-0.2, 0) is 0 Å². The van der Waals surface area contributed by atoms with Crippen molar-refractivity contribution in [2.24, 2.45) is 0 Å². The Morgan fingerprint density at radius 2 is 1.83 bits per heavy atom. The van der Waals surface area contributed by atoms with Crippen molar-refractivity contribution < 1.29 is 13.6 Å². The van der Waals surface area contributed by atoms with Crippen LogP contribution in [0, 0.1) is 11.6 Å². The van der Waals surface area contributed by atoms with Gasteiger partial charge in [0, 0.05) is 23.5 Å². The van der Waals surface area contributed by atoms with Gasteiger partial charge < -0.3 is 9.88 Å². The molecule has 0 saturated carbocycles. The second-order valence-electron chi connectivity index (χ2n) is 5.86. The van der Waals surface area contributed by atoms with Gasteiger partial charge in [-0.15, -0.1) is 0 Å². The molecule has 1 aliphatic heterocycles. The van der Waals surface area contributed by atoms with E-state index in [-0.39, 0.29) is 23.6 Å². The second kappa shape index (κ2) is 4.91. The lowest BCUT2D eigenvalue weighted by Crippen LogP contribution is -2.37. The number of nitrogens with zero attached hydrogens (tertiary/aromatic N) is 1. The first kappa shape index (κ1) is 13.9. The monoisotopic (exact) mass is 312 g/mol. The van der Waals surface area contributed by atoms with Gasteiger partial charge in [0.2, 0.25) is 0 Å². The van der Waals surface area contributed by atoms with E-state index in [9.17, 15) is 13.6 Å². The number of aromatic nitrogens is 1. The van der Waals surface area contributed by atoms with Crippen molar-refractivity contribution >= 4 is 16.8 Å². The number of carbonyl (C=O) groups excluding carboxylic acids is 1. The lowest BCUT2D eigenvalue weighted by molar-refractivity contribution is 0.0919. The minimum atomic E-state index is -0.382. The molecule has 2 heterocycles. The average Bonchev–Trinajstić information content (AvgIpc) is 2.91. The fourth-order valence-corrected chi connectivity index (χ4v) is 3.24. The molecule has 5 heteroatoms. The molecule has 0 spiro atoms. The summed E-state index contributed by atoms with van der Waals surface area (Å²) in [6.45, 7) is 2.52. The molecule has 2 aromatic carbocycles. The molecule has 0 radical (unpaired) electrons. The number of benzene rings is 2. The van der Waals surface area contributed by atoms with Gasteiger partial charge in [-0.2, -0.15) is 0 Å². The lowest BCUT2D eigenvalue weighted by atomic mass is 10.0. The van der Waals surface area contributed by atoms with Gasteiger partial charge in [-0.3, -0.25) is 4.79 Å². The van der Waals surface area contributed by atoms with Crippen molar-refractivity contribution in [1.82, 2.24) is 9.88 Å². The highest BCUT2D eigenvalue weighted by Gasteiger charge is 2.26. The third kappa shape index (κ3) is 2.11. The Bertz CT molecular complexity index is 928. The largest absolute Gasteiger partial charge is 0.349 e. The molecule has 1 aliphatic rings. The molecule has 0 saturated heterocycles. The zero-order chi connectivity index (χ0) is 16.1. The molecule has 0 bridgehead atoms. The van der Waals surface area contributed by atoms with E-state index in [1.807, 2.05) is 11.5 Å². The lowest BCUT2D eigenvalue weighted by Gasteiger charge is -2.25. The second-order valence-corrected chi connectivity index (χ2v) is 5.86. The molecule has 0 unspecified atom stereocenters. The smallest absolute Gasteiger partial charge is 0.268 e. The van der Waals surface area contributed by atoms with Gasteiger partial charge >= 0.3 is 0 Å². The van der Waals surface area contributed by atoms with Crippen molar-refractivity contribution in [3.63, 3.8) is 0 Å². The summed E-state index contributed by atoms with van der Waals surface area (Å²) in [4.78, 5) is 12.1. The summed E-state index contributed by atoms with van der Waals surface area (Å²) in [5, 5.41) is 3.50. The van der Waals surface area contributed by atoms with Crippen LogP contribution in [-0.4, -0.2) is 17.0 Å². The van der Waals surface area contributed by atoms with Crippen LogP contribution in [0.25, 0.3) is 22.0 Å². The molecule has 1 atom stereocenters. The molecule has 0 fully saturated rings. The maximum Gasteiger partial charge on any atom is 0.268 e. The van der Waals surface area contributed by atoms with Gasteiger partial charge in [0.25, 0.3) is 5.91 Å². The molecular formula is C18H14F2N2O. The maximum absolute atomic E-state index is 14.0. The normalized spacial score (nSPS) is 17.2. The molecule has 0 aliphatic carbocycles. The molecular weight excluding hydrogens is 298 g/mol. The molecule has 4 rings (SSSR count). The topological polar surface area (TPSA) is 34.0 Å². The zero-order valence-corrected chi connectivity index (χ0v) is 12.4. The number of hydrogen-bond acceptors (Lipinski definition) is 1. The molecule has 1 amide bonds. The number of amides is 1. The molecule has 3 aromatic rings. The first-order chi connectivity index (χ1) is 11.0. The maximum atomic E-state index is 14.0. The minimum Gasteiger partial charge on any atom is -0.349 e. The summed E-state index contributed by atoms with van der Waals surface area (Å²) < 4.78 is 29.2. The van der Waals surface area contributed by atoms with Crippen LogP contribution in [0.4, 0.5) is 8.78 Å². The first-order valence-electron chi connectivity index (χ1n) is 7.43. The first-order valence-corrected chi connectivity index (χ1v) is 7.43. The fraction of sp³-hybridized carbons (Fsp3) is 0.167. The predicted octanol–water partition coefficient (Wildman–Crippen LogP) is 3.89. The SMILES string of the molecule is C[C@@H]1CNC(=O)c2cc3cc(F)cc(-c4ccc(F)cc4)c3n21. The predicted molar refractivity (Wildman–Crippen MR) is 84.3 cm³/mol. The van der Waals surface area contributed by atoms with E-state index in [1.165, 1.54) is 24.3 Å². The van der Waals surface area contributed by atoms with Gasteiger partial charge in [0.05, 0.1) is 5.52 Å². The van der Waals surface area contributed by atoms with E-state index >= 15 is 0 Å². The Hall–Kier alpha value is -2.69. The van der Waals surface area contributed by atoms with Crippen LogP contribution in [0.5, 0.6) is 0 Å². The summed E-state index contributed by atoms with van der Waals surface area (Å²) in [6.07, 6.45) is 0. The number of carbonyl (C=O) groups is 1. The number of fused-ring (bicyclic) bond motifs is 3. The van der Waals surface area contributed by atoms with E-state index in [2.05, 4.69) is 5.32 Å². The van der Waals surface area contributed by atoms with Gasteiger partial charge in [-0.1, -0.05) is 12.1 Å².